The SMILES string of the molecule is C/C=C(\CCCC)N(Cc1ccc(-c2ccccc2S(=O)(=O)Nc2noc(C)c2C)c(COCC2CC2)c1)C(=O)C1(N)CC2CC2C1. The molecule has 3 N–H and O–H groups in total. The molecule has 1 amide bonds. The first-order chi connectivity index (χ1) is 22.5. The number of unbranched alkanes of at least 4 members (excludes halogenated alkanes) is 1. The average Bonchev–Trinajstić information content (AvgIpc) is 3.97. The molecule has 0 bridgehead atoms. The fraction of sp³-hybridized carbons (Fsp3) is 0.514. The van der Waals surface area contributed by atoms with Crippen molar-refractivity contribution in [3.05, 3.63) is 76.7 Å². The first kappa shape index (κ1) is 33.4. The number of nitrogens with zero attached hydrogens (tertiary/aromatic N) is 2. The summed E-state index contributed by atoms with van der Waals surface area (Å²) in [4.78, 5) is 16.3. The Morgan fingerprint density at radius 3 is 2.55 bits per heavy atom. The largest absolute Gasteiger partial charge is 0.376 e. The van der Waals surface area contributed by atoms with Gasteiger partial charge in [0.2, 0.25) is 5.91 Å². The molecule has 1 aromatic heterocycles. The van der Waals surface area contributed by atoms with E-state index in [9.17, 15) is 13.2 Å². The van der Waals surface area contributed by atoms with Crippen LogP contribution in [0.2, 0.25) is 0 Å². The van der Waals surface area contributed by atoms with Crippen LogP contribution in [0.3, 0.4) is 0 Å². The molecule has 10 heteroatoms. The van der Waals surface area contributed by atoms with E-state index in [-0.39, 0.29) is 16.6 Å². The number of rotatable bonds is 15. The number of hydrogen-bond acceptors (Lipinski definition) is 7. The second kappa shape index (κ2) is 13.6. The van der Waals surface area contributed by atoms with Crippen LogP contribution in [0.15, 0.2) is 63.7 Å². The summed E-state index contributed by atoms with van der Waals surface area (Å²) in [7, 11) is -4.01. The number of ether oxygens (including phenoxy) is 1. The lowest BCUT2D eigenvalue weighted by Crippen LogP contribution is -2.53. The average molecular weight is 661 g/mol. The van der Waals surface area contributed by atoms with Gasteiger partial charge in [-0.05, 0) is 106 Å². The number of anilines is 1. The number of nitrogens with one attached hydrogen (secondary N) is 1. The maximum Gasteiger partial charge on any atom is 0.263 e. The minimum atomic E-state index is -4.01. The summed E-state index contributed by atoms with van der Waals surface area (Å²) < 4.78 is 41.5. The molecule has 9 nitrogen and oxygen atoms in total. The Morgan fingerprint density at radius 2 is 1.89 bits per heavy atom. The van der Waals surface area contributed by atoms with Crippen molar-refractivity contribution in [2.75, 3.05) is 11.3 Å². The van der Waals surface area contributed by atoms with Crippen LogP contribution in [0, 0.1) is 31.6 Å². The maximum absolute atomic E-state index is 14.2. The van der Waals surface area contributed by atoms with Gasteiger partial charge in [-0.1, -0.05) is 61.0 Å². The number of sulfonamides is 1. The Bertz CT molecular complexity index is 1750. The molecule has 0 aliphatic heterocycles. The predicted molar refractivity (Wildman–Crippen MR) is 183 cm³/mol. The van der Waals surface area contributed by atoms with Crippen LogP contribution < -0.4 is 10.5 Å². The van der Waals surface area contributed by atoms with E-state index in [1.807, 2.05) is 42.2 Å². The summed E-state index contributed by atoms with van der Waals surface area (Å²) in [6.07, 6.45) is 9.91. The fourth-order valence-corrected chi connectivity index (χ4v) is 8.20. The van der Waals surface area contributed by atoms with Crippen molar-refractivity contribution in [1.82, 2.24) is 10.1 Å². The maximum atomic E-state index is 14.2. The van der Waals surface area contributed by atoms with Gasteiger partial charge in [-0.2, -0.15) is 0 Å². The molecule has 252 valence electrons. The highest BCUT2D eigenvalue weighted by molar-refractivity contribution is 7.92. The zero-order chi connectivity index (χ0) is 33.3. The molecule has 2 aromatic carbocycles. The number of carbonyl (C=O) groups excluding carboxylic acids is 1. The summed E-state index contributed by atoms with van der Waals surface area (Å²) >= 11 is 0. The highest BCUT2D eigenvalue weighted by Gasteiger charge is 2.56. The number of fused-ring (bicyclic) bond motifs is 1. The van der Waals surface area contributed by atoms with Crippen LogP contribution in [-0.2, 0) is 32.7 Å². The van der Waals surface area contributed by atoms with Crippen LogP contribution in [0.5, 0.6) is 0 Å². The third kappa shape index (κ3) is 7.34. The molecule has 3 aromatic rings. The summed E-state index contributed by atoms with van der Waals surface area (Å²) in [6.45, 7) is 9.03. The van der Waals surface area contributed by atoms with Crippen LogP contribution in [0.4, 0.5) is 5.82 Å². The van der Waals surface area contributed by atoms with Gasteiger partial charge in [0.05, 0.1) is 23.6 Å². The van der Waals surface area contributed by atoms with Gasteiger partial charge in [-0.3, -0.25) is 9.52 Å². The quantitative estimate of drug-likeness (QED) is 0.176. The number of nitrogens with two attached hydrogens (primary N) is 1. The molecule has 1 heterocycles. The molecular formula is C37H48N4O5S. The lowest BCUT2D eigenvalue weighted by molar-refractivity contribution is -0.136. The molecule has 47 heavy (non-hydrogen) atoms. The zero-order valence-electron chi connectivity index (χ0n) is 28.1. The highest BCUT2D eigenvalue weighted by Crippen LogP contribution is 2.55. The van der Waals surface area contributed by atoms with E-state index < -0.39 is 15.6 Å². The van der Waals surface area contributed by atoms with Crippen molar-refractivity contribution in [2.45, 2.75) is 103 Å². The molecule has 2 atom stereocenters. The van der Waals surface area contributed by atoms with Crippen LogP contribution in [0.1, 0.15) is 87.7 Å². The highest BCUT2D eigenvalue weighted by atomic mass is 32.2. The third-order valence-corrected chi connectivity index (χ3v) is 11.5. The van der Waals surface area contributed by atoms with Crippen molar-refractivity contribution >= 4 is 21.7 Å². The second-order valence-corrected chi connectivity index (χ2v) is 15.5. The zero-order valence-corrected chi connectivity index (χ0v) is 28.9. The van der Waals surface area contributed by atoms with Crippen molar-refractivity contribution in [1.29, 1.82) is 0 Å². The van der Waals surface area contributed by atoms with E-state index in [1.54, 1.807) is 26.0 Å². The van der Waals surface area contributed by atoms with E-state index in [1.165, 1.54) is 19.3 Å². The fourth-order valence-electron chi connectivity index (χ4n) is 6.92. The van der Waals surface area contributed by atoms with Gasteiger partial charge in [-0.15, -0.1) is 0 Å². The predicted octanol–water partition coefficient (Wildman–Crippen LogP) is 7.24. The minimum Gasteiger partial charge on any atom is -0.376 e. The summed E-state index contributed by atoms with van der Waals surface area (Å²) in [5.74, 6) is 2.46. The summed E-state index contributed by atoms with van der Waals surface area (Å²) in [5, 5.41) is 3.91. The van der Waals surface area contributed by atoms with E-state index in [2.05, 4.69) is 22.9 Å². The summed E-state index contributed by atoms with van der Waals surface area (Å²) in [5.41, 5.74) is 10.8. The van der Waals surface area contributed by atoms with Crippen LogP contribution in [-0.4, -0.2) is 36.5 Å². The van der Waals surface area contributed by atoms with Gasteiger partial charge in [0.1, 0.15) is 5.76 Å². The van der Waals surface area contributed by atoms with Gasteiger partial charge < -0.3 is 19.9 Å². The lowest BCUT2D eigenvalue weighted by Gasteiger charge is -2.34. The van der Waals surface area contributed by atoms with Gasteiger partial charge in [0.25, 0.3) is 10.0 Å². The van der Waals surface area contributed by atoms with E-state index in [4.69, 9.17) is 15.0 Å². The molecule has 6 rings (SSSR count). The third-order valence-electron chi connectivity index (χ3n) is 10.1. The topological polar surface area (TPSA) is 128 Å². The van der Waals surface area contributed by atoms with Gasteiger partial charge >= 0.3 is 0 Å². The Labute approximate surface area is 279 Å². The number of aromatic nitrogens is 1. The number of hydrogen-bond donors (Lipinski definition) is 2. The van der Waals surface area contributed by atoms with Gasteiger partial charge in [0, 0.05) is 23.4 Å². The van der Waals surface area contributed by atoms with E-state index in [0.29, 0.717) is 54.4 Å². The molecule has 3 fully saturated rings. The molecule has 3 saturated carbocycles. The Balaban J connectivity index is 1.34. The van der Waals surface area contributed by atoms with Crippen LogP contribution in [0.25, 0.3) is 11.1 Å². The normalized spacial score (nSPS) is 22.3. The molecular weight excluding hydrogens is 612 g/mol. The number of amides is 1. The van der Waals surface area contributed by atoms with Gasteiger partial charge in [-0.25, -0.2) is 8.42 Å². The smallest absolute Gasteiger partial charge is 0.263 e. The van der Waals surface area contributed by atoms with E-state index >= 15 is 0 Å². The first-order valence-corrected chi connectivity index (χ1v) is 18.5. The molecule has 0 radical (unpaired) electrons. The van der Waals surface area contributed by atoms with Crippen molar-refractivity contribution < 1.29 is 22.5 Å². The Hall–Kier alpha value is -3.47. The molecule has 0 spiro atoms. The monoisotopic (exact) mass is 660 g/mol. The molecule has 2 unspecified atom stereocenters. The minimum absolute atomic E-state index is 0.00501. The number of benzene rings is 2. The van der Waals surface area contributed by atoms with Crippen LogP contribution >= 0.6 is 0 Å². The Morgan fingerprint density at radius 1 is 1.15 bits per heavy atom. The van der Waals surface area contributed by atoms with Crippen molar-refractivity contribution in [3.63, 3.8) is 0 Å². The number of aryl methyl sites for hydroxylation is 1. The molecule has 0 saturated heterocycles. The molecule has 3 aliphatic carbocycles. The summed E-state index contributed by atoms with van der Waals surface area (Å²) in [6, 6.07) is 13.0. The van der Waals surface area contributed by atoms with E-state index in [0.717, 1.165) is 54.5 Å². The lowest BCUT2D eigenvalue weighted by atomic mass is 9.91. The van der Waals surface area contributed by atoms with Crippen molar-refractivity contribution in [2.24, 2.45) is 23.5 Å². The Kier molecular flexibility index (Phi) is 9.65. The number of carbonyl (C=O) groups is 1. The van der Waals surface area contributed by atoms with Crippen molar-refractivity contribution in [3.8, 4) is 11.1 Å². The molecule has 3 aliphatic rings. The van der Waals surface area contributed by atoms with Gasteiger partial charge in [0.15, 0.2) is 5.82 Å². The number of allylic oxidation sites excluding steroid dienone is 2. The second-order valence-electron chi connectivity index (χ2n) is 13.9. The standard InChI is InChI=1S/C37H48N4O5S/c1-5-7-10-31(6-2)41(36(42)37(38)19-28-18-29(28)20-37)21-27-15-16-32(30(17-27)23-45-22-26-13-14-26)33-11-8-9-12-34(33)47(43,44)40-35-24(3)25(4)46-39-35/h6,8-9,11-12,15-17,26,28-29H,5,7,10,13-14,18-23,38H2,1-4H3,(H,39,40)/b31-6+. The first-order valence-electron chi connectivity index (χ1n) is 17.0.